The molecule has 0 saturated carbocycles. The number of hydrogen-bond donors (Lipinski definition) is 2. The number of cyclic esters (lactones) is 2. The first kappa shape index (κ1) is 98.3. The van der Waals surface area contributed by atoms with Crippen LogP contribution in [-0.4, -0.2) is 140 Å². The first-order chi connectivity index (χ1) is 48.1. The molecule has 5 heterocycles. The predicted octanol–water partition coefficient (Wildman–Crippen LogP) is 23.1. The molecule has 0 spiro atoms. The molecule has 3 saturated heterocycles. The molecule has 5 aliphatic heterocycles. The Morgan fingerprint density at radius 1 is 0.570 bits per heavy atom. The molecule has 14 nitrogen and oxygen atoms in total. The van der Waals surface area contributed by atoms with Crippen LogP contribution < -0.4 is 0 Å². The molecule has 5 aliphatic rings. The number of hydrogen-bond acceptors (Lipinski definition) is 14. The quantitative estimate of drug-likeness (QED) is 0.0311. The van der Waals surface area contributed by atoms with E-state index in [1.807, 2.05) is 56.3 Å². The lowest BCUT2D eigenvalue weighted by atomic mass is 9.89. The lowest BCUT2D eigenvalue weighted by Crippen LogP contribution is -2.46. The smallest absolute Gasteiger partial charge is 0.308 e. The van der Waals surface area contributed by atoms with E-state index in [1.54, 1.807) is 13.0 Å². The number of aliphatic hydroxyl groups excluding tert-OH is 1. The topological polar surface area (TPSA) is 173 Å². The molecule has 0 bridgehead atoms. The van der Waals surface area contributed by atoms with Gasteiger partial charge in [0.25, 0.3) is 0 Å². The van der Waals surface area contributed by atoms with Gasteiger partial charge in [0, 0.05) is 41.4 Å². The Balaban J connectivity index is 0.000000550. The van der Waals surface area contributed by atoms with Crippen molar-refractivity contribution in [2.24, 2.45) is 35.5 Å². The third-order valence-corrected chi connectivity index (χ3v) is 43.4. The third-order valence-electron chi connectivity index (χ3n) is 25.3. The molecule has 0 aliphatic carbocycles. The summed E-state index contributed by atoms with van der Waals surface area (Å²) in [6.07, 6.45) is 24.7. The number of ether oxygens (including phenoxy) is 6. The summed E-state index contributed by atoms with van der Waals surface area (Å²) in [5, 5.41) is 22.4. The van der Waals surface area contributed by atoms with E-state index in [9.17, 15) is 19.8 Å². The molecule has 616 valence electrons. The molecular formula is C89H160O14Si4. The van der Waals surface area contributed by atoms with Crippen molar-refractivity contribution in [3.05, 3.63) is 108 Å². The summed E-state index contributed by atoms with van der Waals surface area (Å²) >= 11 is 0. The van der Waals surface area contributed by atoms with Gasteiger partial charge in [0.05, 0.1) is 60.7 Å². The molecule has 21 atom stereocenters. The van der Waals surface area contributed by atoms with Crippen LogP contribution in [0.2, 0.25) is 72.5 Å². The Morgan fingerprint density at radius 2 is 0.944 bits per heavy atom. The van der Waals surface area contributed by atoms with Crippen LogP contribution in [-0.2, 0) is 55.7 Å². The highest BCUT2D eigenvalue weighted by molar-refractivity contribution is 6.75. The molecule has 1 unspecified atom stereocenters. The highest BCUT2D eigenvalue weighted by Crippen LogP contribution is 2.48. The fourth-order valence-electron chi connectivity index (χ4n) is 13.6. The summed E-state index contributed by atoms with van der Waals surface area (Å²) in [6.45, 7) is 70.5. The molecule has 0 radical (unpaired) electrons. The van der Waals surface area contributed by atoms with Crippen LogP contribution in [0, 0.1) is 35.5 Å². The van der Waals surface area contributed by atoms with Gasteiger partial charge >= 0.3 is 11.9 Å². The van der Waals surface area contributed by atoms with E-state index in [-0.39, 0.29) is 120 Å². The Kier molecular flexibility index (Phi) is 36.6. The van der Waals surface area contributed by atoms with Crippen LogP contribution in [0.25, 0.3) is 0 Å². The highest BCUT2D eigenvalue weighted by atomic mass is 28.4. The molecule has 6 rings (SSSR count). The van der Waals surface area contributed by atoms with Crippen molar-refractivity contribution < 1.29 is 65.9 Å². The Hall–Kier alpha value is -2.93. The number of carbonyl (C=O) groups excluding carboxylic acids is 2. The maximum absolute atomic E-state index is 13.8. The first-order valence-electron chi connectivity index (χ1n) is 40.4. The van der Waals surface area contributed by atoms with Crippen molar-refractivity contribution >= 4 is 45.2 Å². The van der Waals surface area contributed by atoms with Crippen molar-refractivity contribution in [1.82, 2.24) is 0 Å². The van der Waals surface area contributed by atoms with Gasteiger partial charge in [-0.05, 0) is 175 Å². The predicted molar refractivity (Wildman–Crippen MR) is 456 cm³/mol. The molecule has 1 aromatic carbocycles. The average molecular weight is 1570 g/mol. The lowest BCUT2D eigenvalue weighted by molar-refractivity contribution is -0.152. The second kappa shape index (κ2) is 39.9. The fraction of sp³-hybridized carbons (Fsp3) is 0.775. The fourth-order valence-corrected chi connectivity index (χ4v) is 19.3. The molecule has 0 aromatic heterocycles. The molecule has 0 amide bonds. The summed E-state index contributed by atoms with van der Waals surface area (Å²) < 4.78 is 65.6. The van der Waals surface area contributed by atoms with Crippen LogP contribution in [0.5, 0.6) is 0 Å². The van der Waals surface area contributed by atoms with E-state index in [0.717, 1.165) is 42.4 Å². The van der Waals surface area contributed by atoms with Crippen LogP contribution in [0.4, 0.5) is 0 Å². The number of aliphatic hydroxyl groups is 2. The maximum atomic E-state index is 13.8. The highest BCUT2D eigenvalue weighted by Gasteiger charge is 2.52. The van der Waals surface area contributed by atoms with Crippen LogP contribution >= 0.6 is 0 Å². The van der Waals surface area contributed by atoms with E-state index in [0.29, 0.717) is 49.4 Å². The number of benzene rings is 1. The molecule has 1 aromatic rings. The van der Waals surface area contributed by atoms with E-state index in [2.05, 4.69) is 240 Å². The minimum atomic E-state index is -2.20. The van der Waals surface area contributed by atoms with Gasteiger partial charge in [-0.1, -0.05) is 244 Å². The van der Waals surface area contributed by atoms with E-state index in [4.69, 9.17) is 46.1 Å². The summed E-state index contributed by atoms with van der Waals surface area (Å²) in [6, 6.07) is 10.1. The van der Waals surface area contributed by atoms with Gasteiger partial charge < -0.3 is 56.3 Å². The van der Waals surface area contributed by atoms with Gasteiger partial charge in [0.15, 0.2) is 39.6 Å². The molecule has 18 heteroatoms. The standard InChI is InChI=1S/C47H78O7Si2.C40H74O7Si2.2CH4/c1-17-38(54-56(15,16)46(9,10)11)35(5)43-39(49-43)30-32(2)22-21-23-33(3)42-34(4)26-27-40-47(12,52-44(50-40)36-24-19-18-20-25-36)29-28-37(31-41(48)51-42)53-55(13,14)45(6,7)8;1-17-32(47-49(15,16)39(9,10)11)30(5)37-33(44-37)25-27(2)19-18-20-28(3)36-29(4)21-22-34(41)40(12,43)24-23-31(26-35(42)45-36)46-48(13,14)38(6,7)8;;/h18-27,32,34-35,37-40,42-44H,17,28-31H2,1-16H3;18-22,27,29-34,36-37,41,43H,17,23-26H2,1-16H3;2*1H4/b22-21+,27-26+,33-23+;19-18+,22-21+,28-20+;;/t32-,34+,35-,37-,38+,39-,40+,42-,43-,44?,47-;27-,29+,30-,31-,32+,33-,34+,36-,37-,40-;;/m11../s1. The van der Waals surface area contributed by atoms with Gasteiger partial charge in [-0.3, -0.25) is 9.59 Å². The normalized spacial score (nSPS) is 31.7. The Labute approximate surface area is 659 Å². The van der Waals surface area contributed by atoms with Gasteiger partial charge in [0.2, 0.25) is 0 Å². The lowest BCUT2D eigenvalue weighted by Gasteiger charge is -2.40. The summed E-state index contributed by atoms with van der Waals surface area (Å²) in [5.74, 6) is 0.514. The second-order valence-electron chi connectivity index (χ2n) is 39.0. The molecule has 2 N–H and O–H groups in total. The van der Waals surface area contributed by atoms with Crippen molar-refractivity contribution in [2.45, 2.75) is 409 Å². The minimum absolute atomic E-state index is 0. The maximum Gasteiger partial charge on any atom is 0.308 e. The zero-order chi connectivity index (χ0) is 79.6. The van der Waals surface area contributed by atoms with Gasteiger partial charge in [-0.2, -0.15) is 0 Å². The third kappa shape index (κ3) is 28.5. The van der Waals surface area contributed by atoms with Crippen molar-refractivity contribution in [1.29, 1.82) is 0 Å². The van der Waals surface area contributed by atoms with E-state index in [1.165, 1.54) is 0 Å². The molecule has 3 fully saturated rings. The van der Waals surface area contributed by atoms with Gasteiger partial charge in [0.1, 0.15) is 24.4 Å². The first-order valence-corrected chi connectivity index (χ1v) is 52.0. The largest absolute Gasteiger partial charge is 0.457 e. The van der Waals surface area contributed by atoms with Gasteiger partial charge in [-0.25, -0.2) is 0 Å². The Bertz CT molecular complexity index is 3090. The van der Waals surface area contributed by atoms with Gasteiger partial charge in [-0.15, -0.1) is 0 Å². The number of fused-ring (bicyclic) bond motifs is 1. The number of carbonyl (C=O) groups is 2. The monoisotopic (exact) mass is 1570 g/mol. The van der Waals surface area contributed by atoms with Crippen LogP contribution in [0.3, 0.4) is 0 Å². The SMILES string of the molecule is C.C.CC[C@H](O[Si](C)(C)C(C)(C)C)[C@@H](C)[C@H]1O[C@@H]1C[C@H](C)/C=C/C=C(\C)[C@H]1OC(=O)C[C@H](O[Si](C)(C)C(C)(C)C)CC[C@@](C)(O)[C@@H](O)/C=C/[C@@H]1C.CC[C@H](O[Si](C)(C)C(C)(C)C)[C@@H](C)[C@H]1O[C@@H]1C[C@H](C)/C=C/C=C(\C)[C@H]1OC(=O)C[C@H](O[Si](C)(C)C(C)(C)C)CC[C@@]2(C)OC(c3ccccc3)O[C@H]2/C=C/[C@@H]1C. The molecular weight excluding hydrogens is 1410 g/mol. The summed E-state index contributed by atoms with van der Waals surface area (Å²) in [7, 11) is -8.11. The minimum Gasteiger partial charge on any atom is -0.457 e. The summed E-state index contributed by atoms with van der Waals surface area (Å²) in [5.41, 5.74) is 0.971. The second-order valence-corrected chi connectivity index (χ2v) is 58.0. The van der Waals surface area contributed by atoms with Crippen molar-refractivity contribution in [2.75, 3.05) is 0 Å². The Morgan fingerprint density at radius 3 is 1.32 bits per heavy atom. The van der Waals surface area contributed by atoms with Crippen LogP contribution in [0.15, 0.2) is 102 Å². The van der Waals surface area contributed by atoms with E-state index < -0.39 is 75.2 Å². The number of esters is 2. The molecule has 107 heavy (non-hydrogen) atoms. The van der Waals surface area contributed by atoms with Crippen LogP contribution in [0.1, 0.15) is 257 Å². The van der Waals surface area contributed by atoms with E-state index >= 15 is 0 Å². The average Bonchev–Trinajstić information content (AvgIpc) is 1.71. The number of epoxide rings is 2. The van der Waals surface area contributed by atoms with Crippen molar-refractivity contribution in [3.8, 4) is 0 Å². The zero-order valence-electron chi connectivity index (χ0n) is 72.0. The zero-order valence-corrected chi connectivity index (χ0v) is 76.0. The number of rotatable bonds is 25. The number of allylic oxidation sites excluding steroid dienone is 6. The van der Waals surface area contributed by atoms with Crippen molar-refractivity contribution in [3.63, 3.8) is 0 Å². The summed E-state index contributed by atoms with van der Waals surface area (Å²) in [4.78, 5) is 27.2.